The Labute approximate surface area is 144 Å². The number of carbonyl (C=O) groups is 2. The summed E-state index contributed by atoms with van der Waals surface area (Å²) in [5.41, 5.74) is 6.10. The Morgan fingerprint density at radius 3 is 1.96 bits per heavy atom. The molecule has 1 heterocycles. The molecule has 0 bridgehead atoms. The number of rotatable bonds is 4. The fourth-order valence-electron chi connectivity index (χ4n) is 4.11. The van der Waals surface area contributed by atoms with E-state index in [1.54, 1.807) is 0 Å². The van der Waals surface area contributed by atoms with Crippen LogP contribution in [0.25, 0.3) is 0 Å². The molecule has 3 fully saturated rings. The minimum Gasteiger partial charge on any atom is -0.341 e. The molecule has 136 valence electrons. The number of urea groups is 1. The first-order chi connectivity index (χ1) is 11.6. The summed E-state index contributed by atoms with van der Waals surface area (Å²) >= 11 is 0. The maximum absolute atomic E-state index is 12.4. The molecule has 6 heteroatoms. The van der Waals surface area contributed by atoms with Gasteiger partial charge in [0.15, 0.2) is 0 Å². The van der Waals surface area contributed by atoms with Crippen molar-refractivity contribution in [3.05, 3.63) is 0 Å². The number of hydrogen-bond donors (Lipinski definition) is 3. The van der Waals surface area contributed by atoms with Gasteiger partial charge in [-0.2, -0.15) is 0 Å². The van der Waals surface area contributed by atoms with Gasteiger partial charge in [0.05, 0.1) is 6.04 Å². The van der Waals surface area contributed by atoms with Gasteiger partial charge in [0.2, 0.25) is 5.91 Å². The maximum Gasteiger partial charge on any atom is 0.315 e. The standard InChI is InChI=1S/C18H32N4O2/c19-16(13-5-4-6-13)17(23)22-11-9-15(10-12-22)21-18(24)20-14-7-2-1-3-8-14/h13-16H,1-12,19H2,(H2,20,21,24). The van der Waals surface area contributed by atoms with E-state index in [1.165, 1.54) is 25.7 Å². The number of hydrogen-bond acceptors (Lipinski definition) is 3. The third kappa shape index (κ3) is 4.41. The lowest BCUT2D eigenvalue weighted by molar-refractivity contribution is -0.135. The van der Waals surface area contributed by atoms with Crippen LogP contribution < -0.4 is 16.4 Å². The second-order valence-electron chi connectivity index (χ2n) is 7.77. The van der Waals surface area contributed by atoms with Gasteiger partial charge in [-0.25, -0.2) is 4.79 Å². The molecule has 3 rings (SSSR count). The molecular weight excluding hydrogens is 304 g/mol. The van der Waals surface area contributed by atoms with Crippen molar-refractivity contribution in [1.82, 2.24) is 15.5 Å². The van der Waals surface area contributed by atoms with E-state index in [1.807, 2.05) is 4.90 Å². The molecule has 24 heavy (non-hydrogen) atoms. The van der Waals surface area contributed by atoms with Gasteiger partial charge in [0, 0.05) is 25.2 Å². The predicted octanol–water partition coefficient (Wildman–Crippen LogP) is 1.74. The molecule has 1 aliphatic heterocycles. The van der Waals surface area contributed by atoms with Gasteiger partial charge in [0.25, 0.3) is 0 Å². The van der Waals surface area contributed by atoms with Crippen molar-refractivity contribution in [3.63, 3.8) is 0 Å². The van der Waals surface area contributed by atoms with Crippen molar-refractivity contribution in [2.75, 3.05) is 13.1 Å². The molecule has 1 atom stereocenters. The Bertz CT molecular complexity index is 438. The van der Waals surface area contributed by atoms with E-state index in [2.05, 4.69) is 10.6 Å². The molecule has 0 aromatic heterocycles. The molecular formula is C18H32N4O2. The number of nitrogens with one attached hydrogen (secondary N) is 2. The molecule has 6 nitrogen and oxygen atoms in total. The number of piperidine rings is 1. The lowest BCUT2D eigenvalue weighted by Crippen LogP contribution is -2.55. The van der Waals surface area contributed by atoms with Crippen LogP contribution in [-0.2, 0) is 4.79 Å². The first kappa shape index (κ1) is 17.5. The fourth-order valence-corrected chi connectivity index (χ4v) is 4.11. The van der Waals surface area contributed by atoms with Gasteiger partial charge in [0.1, 0.15) is 0 Å². The van der Waals surface area contributed by atoms with E-state index in [0.29, 0.717) is 25.0 Å². The maximum atomic E-state index is 12.4. The van der Waals surface area contributed by atoms with Gasteiger partial charge in [-0.15, -0.1) is 0 Å². The van der Waals surface area contributed by atoms with E-state index in [4.69, 9.17) is 5.73 Å². The van der Waals surface area contributed by atoms with Crippen LogP contribution in [0.5, 0.6) is 0 Å². The molecule has 1 unspecified atom stereocenters. The number of carbonyl (C=O) groups excluding carboxylic acids is 2. The molecule has 3 amide bonds. The molecule has 0 radical (unpaired) electrons. The molecule has 3 aliphatic rings. The Hall–Kier alpha value is -1.30. The van der Waals surface area contributed by atoms with Gasteiger partial charge in [-0.05, 0) is 44.4 Å². The van der Waals surface area contributed by atoms with Crippen molar-refractivity contribution in [2.24, 2.45) is 11.7 Å². The van der Waals surface area contributed by atoms with Crippen LogP contribution in [0.15, 0.2) is 0 Å². The quantitative estimate of drug-likeness (QED) is 0.731. The highest BCUT2D eigenvalue weighted by Crippen LogP contribution is 2.29. The summed E-state index contributed by atoms with van der Waals surface area (Å²) in [4.78, 5) is 26.4. The third-order valence-corrected chi connectivity index (χ3v) is 6.03. The largest absolute Gasteiger partial charge is 0.341 e. The average molecular weight is 336 g/mol. The topological polar surface area (TPSA) is 87.5 Å². The summed E-state index contributed by atoms with van der Waals surface area (Å²) in [5, 5.41) is 6.18. The second-order valence-corrected chi connectivity index (χ2v) is 7.77. The second kappa shape index (κ2) is 8.19. The monoisotopic (exact) mass is 336 g/mol. The van der Waals surface area contributed by atoms with Crippen LogP contribution in [0, 0.1) is 5.92 Å². The van der Waals surface area contributed by atoms with Crippen molar-refractivity contribution in [1.29, 1.82) is 0 Å². The highest BCUT2D eigenvalue weighted by atomic mass is 16.2. The number of likely N-dealkylation sites (tertiary alicyclic amines) is 1. The number of nitrogens with zero attached hydrogens (tertiary/aromatic N) is 1. The first-order valence-electron chi connectivity index (χ1n) is 9.75. The summed E-state index contributed by atoms with van der Waals surface area (Å²) in [7, 11) is 0. The summed E-state index contributed by atoms with van der Waals surface area (Å²) in [6.45, 7) is 1.40. The Kier molecular flexibility index (Phi) is 5.98. The van der Waals surface area contributed by atoms with Crippen LogP contribution in [0.3, 0.4) is 0 Å². The smallest absolute Gasteiger partial charge is 0.315 e. The van der Waals surface area contributed by atoms with Crippen LogP contribution in [0.2, 0.25) is 0 Å². The van der Waals surface area contributed by atoms with Crippen molar-refractivity contribution >= 4 is 11.9 Å². The van der Waals surface area contributed by atoms with E-state index in [-0.39, 0.29) is 24.0 Å². The SMILES string of the molecule is NC(C(=O)N1CCC(NC(=O)NC2CCCCC2)CC1)C1CCC1. The van der Waals surface area contributed by atoms with Gasteiger partial charge in [-0.3, -0.25) is 4.79 Å². The molecule has 0 aromatic carbocycles. The fraction of sp³-hybridized carbons (Fsp3) is 0.889. The van der Waals surface area contributed by atoms with E-state index >= 15 is 0 Å². The van der Waals surface area contributed by atoms with Gasteiger partial charge >= 0.3 is 6.03 Å². The van der Waals surface area contributed by atoms with E-state index in [0.717, 1.165) is 38.5 Å². The lowest BCUT2D eigenvalue weighted by Gasteiger charge is -2.37. The van der Waals surface area contributed by atoms with Crippen molar-refractivity contribution in [3.8, 4) is 0 Å². The van der Waals surface area contributed by atoms with Crippen LogP contribution >= 0.6 is 0 Å². The molecule has 2 saturated carbocycles. The molecule has 1 saturated heterocycles. The Balaban J connectivity index is 1.36. The molecule has 0 aromatic rings. The average Bonchev–Trinajstić information content (AvgIpc) is 2.54. The van der Waals surface area contributed by atoms with Gasteiger partial charge < -0.3 is 21.3 Å². The summed E-state index contributed by atoms with van der Waals surface area (Å²) in [6.07, 6.45) is 10.9. The van der Waals surface area contributed by atoms with Gasteiger partial charge in [-0.1, -0.05) is 25.7 Å². The zero-order valence-corrected chi connectivity index (χ0v) is 14.6. The van der Waals surface area contributed by atoms with E-state index < -0.39 is 0 Å². The van der Waals surface area contributed by atoms with E-state index in [9.17, 15) is 9.59 Å². The normalized spacial score (nSPS) is 25.0. The minimum absolute atomic E-state index is 0.0437. The summed E-state index contributed by atoms with van der Waals surface area (Å²) < 4.78 is 0. The first-order valence-corrected chi connectivity index (χ1v) is 9.75. The zero-order chi connectivity index (χ0) is 16.9. The van der Waals surface area contributed by atoms with Crippen LogP contribution in [0.4, 0.5) is 4.79 Å². The predicted molar refractivity (Wildman–Crippen MR) is 93.5 cm³/mol. The van der Waals surface area contributed by atoms with Crippen LogP contribution in [0.1, 0.15) is 64.2 Å². The zero-order valence-electron chi connectivity index (χ0n) is 14.6. The Morgan fingerprint density at radius 1 is 0.833 bits per heavy atom. The summed E-state index contributed by atoms with van der Waals surface area (Å²) in [5.74, 6) is 0.486. The highest BCUT2D eigenvalue weighted by molar-refractivity contribution is 5.82. The minimum atomic E-state index is -0.321. The number of amides is 3. The molecule has 0 spiro atoms. The number of nitrogens with two attached hydrogens (primary N) is 1. The van der Waals surface area contributed by atoms with Crippen LogP contribution in [-0.4, -0.2) is 48.1 Å². The Morgan fingerprint density at radius 2 is 1.42 bits per heavy atom. The lowest BCUT2D eigenvalue weighted by atomic mass is 9.79. The third-order valence-electron chi connectivity index (χ3n) is 6.03. The van der Waals surface area contributed by atoms with Crippen molar-refractivity contribution < 1.29 is 9.59 Å². The molecule has 2 aliphatic carbocycles. The highest BCUT2D eigenvalue weighted by Gasteiger charge is 2.34. The summed E-state index contributed by atoms with van der Waals surface area (Å²) in [6, 6.07) is 0.133. The molecule has 4 N–H and O–H groups in total. The van der Waals surface area contributed by atoms with Crippen molar-refractivity contribution in [2.45, 2.75) is 82.3 Å².